The minimum absolute atomic E-state index is 0.0464. The quantitative estimate of drug-likeness (QED) is 0.781. The highest BCUT2D eigenvalue weighted by atomic mass is 16.5. The summed E-state index contributed by atoms with van der Waals surface area (Å²) in [6.07, 6.45) is 0.790. The summed E-state index contributed by atoms with van der Waals surface area (Å²) in [5.74, 6) is -0.321. The van der Waals surface area contributed by atoms with Crippen LogP contribution >= 0.6 is 0 Å². The van der Waals surface area contributed by atoms with Gasteiger partial charge in [0.1, 0.15) is 0 Å². The molecule has 5 heteroatoms. The number of hydrogen-bond acceptors (Lipinski definition) is 4. The minimum Gasteiger partial charge on any atom is -0.379 e. The van der Waals surface area contributed by atoms with E-state index in [4.69, 9.17) is 10.5 Å². The average molecular weight is 276 g/mol. The topological polar surface area (TPSA) is 72.6 Å². The van der Waals surface area contributed by atoms with Crippen molar-refractivity contribution < 1.29 is 14.3 Å². The number of rotatable bonds is 6. The zero-order valence-electron chi connectivity index (χ0n) is 11.5. The molecule has 1 saturated heterocycles. The molecular formula is C15H20N2O3. The van der Waals surface area contributed by atoms with E-state index in [1.807, 2.05) is 23.1 Å². The Balaban J connectivity index is 1.92. The van der Waals surface area contributed by atoms with Gasteiger partial charge >= 0.3 is 0 Å². The number of hydrogen-bond donors (Lipinski definition) is 1. The molecule has 1 unspecified atom stereocenters. The molecule has 1 fully saturated rings. The van der Waals surface area contributed by atoms with Crippen LogP contribution in [-0.2, 0) is 9.53 Å². The molecule has 1 atom stereocenters. The number of ether oxygens (including phenoxy) is 1. The lowest BCUT2D eigenvalue weighted by atomic mass is 10.0. The van der Waals surface area contributed by atoms with Gasteiger partial charge in [0, 0.05) is 25.1 Å². The first-order valence-electron chi connectivity index (χ1n) is 6.88. The van der Waals surface area contributed by atoms with Gasteiger partial charge in [0.2, 0.25) is 5.91 Å². The molecule has 0 aliphatic carbocycles. The third-order valence-electron chi connectivity index (χ3n) is 3.56. The van der Waals surface area contributed by atoms with E-state index >= 15 is 0 Å². The Morgan fingerprint density at radius 2 is 1.85 bits per heavy atom. The van der Waals surface area contributed by atoms with Crippen molar-refractivity contribution in [2.24, 2.45) is 5.73 Å². The van der Waals surface area contributed by atoms with E-state index in [1.165, 1.54) is 0 Å². The summed E-state index contributed by atoms with van der Waals surface area (Å²) >= 11 is 0. The molecule has 0 saturated carbocycles. The molecule has 1 aliphatic rings. The summed E-state index contributed by atoms with van der Waals surface area (Å²) in [5.41, 5.74) is 6.14. The molecule has 2 rings (SSSR count). The first kappa shape index (κ1) is 14.7. The number of primary amides is 1. The second kappa shape index (κ2) is 7.17. The maximum Gasteiger partial charge on any atom is 0.234 e. The van der Waals surface area contributed by atoms with Gasteiger partial charge < -0.3 is 10.5 Å². The Kier molecular flexibility index (Phi) is 5.26. The van der Waals surface area contributed by atoms with E-state index in [-0.39, 0.29) is 17.7 Å². The van der Waals surface area contributed by atoms with Crippen molar-refractivity contribution in [3.8, 4) is 0 Å². The smallest absolute Gasteiger partial charge is 0.234 e. The van der Waals surface area contributed by atoms with E-state index < -0.39 is 0 Å². The highest BCUT2D eigenvalue weighted by molar-refractivity contribution is 5.96. The Morgan fingerprint density at radius 3 is 2.45 bits per heavy atom. The third kappa shape index (κ3) is 3.88. The molecule has 1 aromatic rings. The molecule has 1 heterocycles. The first-order valence-corrected chi connectivity index (χ1v) is 6.88. The molecule has 1 aromatic carbocycles. The number of nitrogens with zero attached hydrogens (tertiary/aromatic N) is 1. The fourth-order valence-corrected chi connectivity index (χ4v) is 2.43. The van der Waals surface area contributed by atoms with Crippen LogP contribution in [-0.4, -0.2) is 48.9 Å². The fourth-order valence-electron chi connectivity index (χ4n) is 2.43. The molecular weight excluding hydrogens is 256 g/mol. The number of ketones is 1. The molecule has 0 bridgehead atoms. The third-order valence-corrected chi connectivity index (χ3v) is 3.56. The van der Waals surface area contributed by atoms with Crippen LogP contribution in [0.25, 0.3) is 0 Å². The van der Waals surface area contributed by atoms with Crippen molar-refractivity contribution in [1.29, 1.82) is 0 Å². The number of nitrogens with two attached hydrogens (primary N) is 1. The van der Waals surface area contributed by atoms with Crippen LogP contribution in [0.1, 0.15) is 23.2 Å². The molecule has 0 spiro atoms. The number of carbonyl (C=O) groups is 2. The Morgan fingerprint density at radius 1 is 1.20 bits per heavy atom. The van der Waals surface area contributed by atoms with Crippen molar-refractivity contribution in [2.45, 2.75) is 18.9 Å². The van der Waals surface area contributed by atoms with Gasteiger partial charge in [0.15, 0.2) is 5.78 Å². The van der Waals surface area contributed by atoms with Crippen LogP contribution in [0.5, 0.6) is 0 Å². The maximum atomic E-state index is 12.1. The summed E-state index contributed by atoms with van der Waals surface area (Å²) in [5, 5.41) is 0. The Labute approximate surface area is 118 Å². The van der Waals surface area contributed by atoms with E-state index in [0.717, 1.165) is 0 Å². The van der Waals surface area contributed by atoms with Crippen LogP contribution in [0.4, 0.5) is 0 Å². The lowest BCUT2D eigenvalue weighted by Crippen LogP contribution is -2.49. The molecule has 1 amide bonds. The first-order chi connectivity index (χ1) is 9.68. The highest BCUT2D eigenvalue weighted by Gasteiger charge is 2.26. The van der Waals surface area contributed by atoms with Gasteiger partial charge in [-0.2, -0.15) is 0 Å². The molecule has 2 N–H and O–H groups in total. The van der Waals surface area contributed by atoms with Crippen molar-refractivity contribution in [1.82, 2.24) is 4.90 Å². The van der Waals surface area contributed by atoms with Gasteiger partial charge in [-0.15, -0.1) is 0 Å². The second-order valence-corrected chi connectivity index (χ2v) is 4.89. The highest BCUT2D eigenvalue weighted by Crippen LogP contribution is 2.12. The van der Waals surface area contributed by atoms with Crippen molar-refractivity contribution in [2.75, 3.05) is 26.3 Å². The Bertz CT molecular complexity index is 455. The molecule has 5 nitrogen and oxygen atoms in total. The van der Waals surface area contributed by atoms with Crippen LogP contribution < -0.4 is 5.73 Å². The zero-order valence-corrected chi connectivity index (χ0v) is 11.5. The van der Waals surface area contributed by atoms with Crippen LogP contribution in [0.3, 0.4) is 0 Å². The van der Waals surface area contributed by atoms with Crippen molar-refractivity contribution >= 4 is 11.7 Å². The number of carbonyl (C=O) groups excluding carboxylic acids is 2. The number of benzene rings is 1. The predicted octanol–water partition coefficient (Wildman–Crippen LogP) is 0.836. The maximum absolute atomic E-state index is 12.1. The number of morpholine rings is 1. The van der Waals surface area contributed by atoms with Crippen LogP contribution in [0, 0.1) is 0 Å². The summed E-state index contributed by atoms with van der Waals surface area (Å²) in [6, 6.07) is 8.73. The van der Waals surface area contributed by atoms with Crippen molar-refractivity contribution in [3.63, 3.8) is 0 Å². The molecule has 0 aromatic heterocycles. The summed E-state index contributed by atoms with van der Waals surface area (Å²) in [6.45, 7) is 2.59. The van der Waals surface area contributed by atoms with Crippen LogP contribution in [0.2, 0.25) is 0 Å². The average Bonchev–Trinajstić information content (AvgIpc) is 2.49. The second-order valence-electron chi connectivity index (χ2n) is 4.89. The summed E-state index contributed by atoms with van der Waals surface area (Å²) < 4.78 is 5.26. The minimum atomic E-state index is -0.383. The zero-order chi connectivity index (χ0) is 14.4. The lowest BCUT2D eigenvalue weighted by molar-refractivity contribution is -0.125. The largest absolute Gasteiger partial charge is 0.379 e. The van der Waals surface area contributed by atoms with Gasteiger partial charge in [0.25, 0.3) is 0 Å². The standard InChI is InChI=1S/C15H20N2O3/c16-15(19)13(17-8-10-20-11-9-17)6-7-14(18)12-4-2-1-3-5-12/h1-5,13H,6-11H2,(H2,16,19). The molecule has 0 radical (unpaired) electrons. The van der Waals surface area contributed by atoms with E-state index in [0.29, 0.717) is 44.7 Å². The number of Topliss-reactive ketones (excluding diaryl/α,β-unsaturated/α-hetero) is 1. The van der Waals surface area contributed by atoms with E-state index in [1.54, 1.807) is 12.1 Å². The monoisotopic (exact) mass is 276 g/mol. The fraction of sp³-hybridized carbons (Fsp3) is 0.467. The summed E-state index contributed by atoms with van der Waals surface area (Å²) in [4.78, 5) is 25.6. The molecule has 1 aliphatic heterocycles. The van der Waals surface area contributed by atoms with E-state index in [2.05, 4.69) is 0 Å². The normalized spacial score (nSPS) is 17.6. The van der Waals surface area contributed by atoms with Gasteiger partial charge in [0.05, 0.1) is 19.3 Å². The lowest BCUT2D eigenvalue weighted by Gasteiger charge is -2.32. The molecule has 108 valence electrons. The van der Waals surface area contributed by atoms with Crippen LogP contribution in [0.15, 0.2) is 30.3 Å². The SMILES string of the molecule is NC(=O)C(CCC(=O)c1ccccc1)N1CCOCC1. The summed E-state index contributed by atoms with van der Waals surface area (Å²) in [7, 11) is 0. The van der Waals surface area contributed by atoms with Gasteiger partial charge in [-0.1, -0.05) is 30.3 Å². The predicted molar refractivity (Wildman–Crippen MR) is 75.4 cm³/mol. The van der Waals surface area contributed by atoms with E-state index in [9.17, 15) is 9.59 Å². The molecule has 20 heavy (non-hydrogen) atoms. The number of amides is 1. The Hall–Kier alpha value is -1.72. The van der Waals surface area contributed by atoms with Gasteiger partial charge in [-0.3, -0.25) is 14.5 Å². The van der Waals surface area contributed by atoms with Gasteiger partial charge in [-0.05, 0) is 6.42 Å². The van der Waals surface area contributed by atoms with Crippen molar-refractivity contribution in [3.05, 3.63) is 35.9 Å². The van der Waals surface area contributed by atoms with Gasteiger partial charge in [-0.25, -0.2) is 0 Å².